The Hall–Kier alpha value is -2.63. The molecule has 11 heteroatoms. The van der Waals surface area contributed by atoms with E-state index in [0.717, 1.165) is 12.8 Å². The number of rotatable bonds is 7. The maximum Gasteiger partial charge on any atom is 0.244 e. The lowest BCUT2D eigenvalue weighted by molar-refractivity contribution is -0.117. The van der Waals surface area contributed by atoms with Crippen molar-refractivity contribution in [2.45, 2.75) is 43.5 Å². The highest BCUT2D eigenvalue weighted by molar-refractivity contribution is 7.89. The largest absolute Gasteiger partial charge is 0.339 e. The Labute approximate surface area is 171 Å². The quantitative estimate of drug-likeness (QED) is 0.586. The molecule has 1 aliphatic carbocycles. The van der Waals surface area contributed by atoms with Crippen LogP contribution in [0.3, 0.4) is 0 Å². The van der Waals surface area contributed by atoms with Crippen LogP contribution in [0.4, 0.5) is 5.13 Å². The second-order valence-electron chi connectivity index (χ2n) is 6.88. The van der Waals surface area contributed by atoms with Crippen molar-refractivity contribution in [3.8, 4) is 11.4 Å². The topological polar surface area (TPSA) is 127 Å². The van der Waals surface area contributed by atoms with E-state index in [2.05, 4.69) is 25.2 Å². The first-order chi connectivity index (χ1) is 13.8. The van der Waals surface area contributed by atoms with E-state index >= 15 is 0 Å². The van der Waals surface area contributed by atoms with Crippen LogP contribution < -0.4 is 10.0 Å². The molecule has 0 unspecified atom stereocenters. The van der Waals surface area contributed by atoms with E-state index in [1.54, 1.807) is 30.6 Å². The molecule has 1 fully saturated rings. The van der Waals surface area contributed by atoms with Crippen LogP contribution >= 0.6 is 11.3 Å². The minimum atomic E-state index is -3.96. The highest BCUT2D eigenvalue weighted by atomic mass is 32.2. The summed E-state index contributed by atoms with van der Waals surface area (Å²) < 4.78 is 33.5. The van der Waals surface area contributed by atoms with Crippen molar-refractivity contribution in [1.29, 1.82) is 0 Å². The number of hydrogen-bond donors (Lipinski definition) is 2. The molecular formula is C18H19N5O4S2. The van der Waals surface area contributed by atoms with Crippen LogP contribution in [-0.4, -0.2) is 35.5 Å². The molecule has 0 bridgehead atoms. The maximum atomic E-state index is 12.9. The predicted molar refractivity (Wildman–Crippen MR) is 107 cm³/mol. The number of anilines is 1. The van der Waals surface area contributed by atoms with Crippen molar-refractivity contribution < 1.29 is 17.7 Å². The molecule has 2 aromatic heterocycles. The lowest BCUT2D eigenvalue weighted by atomic mass is 10.1. The van der Waals surface area contributed by atoms with Gasteiger partial charge in [-0.2, -0.15) is 9.71 Å². The Bertz CT molecular complexity index is 1140. The number of nitrogens with one attached hydrogen (secondary N) is 2. The second kappa shape index (κ2) is 7.65. The van der Waals surface area contributed by atoms with Crippen LogP contribution in [0.2, 0.25) is 0 Å². The standard InChI is InChI=1S/C18H19N5O4S2/c1-10-3-4-13(15-20-17(27-22-15)12-5-6-12)9-14(10)29(25,26)23-11(2)16(24)21-18-19-7-8-28-18/h3-4,7-9,11-12,23H,5-6H2,1-2H3,(H,19,21,24)/t11-/m0/s1. The van der Waals surface area contributed by atoms with Gasteiger partial charge in [-0.1, -0.05) is 17.3 Å². The molecule has 2 N–H and O–H groups in total. The molecule has 1 atom stereocenters. The second-order valence-corrected chi connectivity index (χ2v) is 9.46. The number of thiazole rings is 1. The predicted octanol–water partition coefficient (Wildman–Crippen LogP) is 2.68. The minimum Gasteiger partial charge on any atom is -0.339 e. The molecule has 2 heterocycles. The van der Waals surface area contributed by atoms with Gasteiger partial charge in [0.1, 0.15) is 0 Å². The van der Waals surface area contributed by atoms with Crippen molar-refractivity contribution in [3.63, 3.8) is 0 Å². The van der Waals surface area contributed by atoms with Gasteiger partial charge in [0.25, 0.3) is 0 Å². The molecule has 0 spiro atoms. The fraction of sp³-hybridized carbons (Fsp3) is 0.333. The van der Waals surface area contributed by atoms with Crippen LogP contribution in [0.1, 0.15) is 37.1 Å². The monoisotopic (exact) mass is 433 g/mol. The Morgan fingerprint density at radius 3 is 2.83 bits per heavy atom. The van der Waals surface area contributed by atoms with Gasteiger partial charge < -0.3 is 9.84 Å². The molecule has 3 aromatic rings. The normalized spacial score (nSPS) is 15.2. The third-order valence-corrected chi connectivity index (χ3v) is 6.86. The van der Waals surface area contributed by atoms with Crippen molar-refractivity contribution in [2.75, 3.05) is 5.32 Å². The average molecular weight is 434 g/mol. The number of aryl methyl sites for hydroxylation is 1. The zero-order chi connectivity index (χ0) is 20.6. The zero-order valence-corrected chi connectivity index (χ0v) is 17.4. The molecule has 152 valence electrons. The van der Waals surface area contributed by atoms with Crippen molar-refractivity contribution >= 4 is 32.4 Å². The number of nitrogens with zero attached hydrogens (tertiary/aromatic N) is 3. The van der Waals surface area contributed by atoms with E-state index < -0.39 is 22.0 Å². The molecule has 0 aliphatic heterocycles. The summed E-state index contributed by atoms with van der Waals surface area (Å²) in [6.07, 6.45) is 3.61. The molecule has 29 heavy (non-hydrogen) atoms. The van der Waals surface area contributed by atoms with Gasteiger partial charge in [0.2, 0.25) is 27.6 Å². The van der Waals surface area contributed by atoms with E-state index in [4.69, 9.17) is 4.52 Å². The summed E-state index contributed by atoms with van der Waals surface area (Å²) >= 11 is 1.25. The van der Waals surface area contributed by atoms with Gasteiger partial charge in [-0.05, 0) is 38.3 Å². The number of carbonyl (C=O) groups excluding carboxylic acids is 1. The number of carbonyl (C=O) groups is 1. The minimum absolute atomic E-state index is 0.0571. The Kier molecular flexibility index (Phi) is 5.19. The highest BCUT2D eigenvalue weighted by Crippen LogP contribution is 2.39. The summed E-state index contributed by atoms with van der Waals surface area (Å²) in [5, 5.41) is 8.66. The van der Waals surface area contributed by atoms with Crippen LogP contribution in [0, 0.1) is 6.92 Å². The average Bonchev–Trinajstić information content (AvgIpc) is 3.18. The van der Waals surface area contributed by atoms with Gasteiger partial charge in [0.15, 0.2) is 5.13 Å². The Balaban J connectivity index is 1.54. The third kappa shape index (κ3) is 4.36. The molecule has 1 aliphatic rings. The lowest BCUT2D eigenvalue weighted by Gasteiger charge is -2.15. The van der Waals surface area contributed by atoms with Gasteiger partial charge in [-0.3, -0.25) is 4.79 Å². The lowest BCUT2D eigenvalue weighted by Crippen LogP contribution is -2.41. The van der Waals surface area contributed by atoms with E-state index in [1.165, 1.54) is 24.3 Å². The third-order valence-electron chi connectivity index (χ3n) is 4.49. The molecular weight excluding hydrogens is 414 g/mol. The molecule has 1 amide bonds. The SMILES string of the molecule is Cc1ccc(-c2noc(C3CC3)n2)cc1S(=O)(=O)N[C@@H](C)C(=O)Nc1nccs1. The highest BCUT2D eigenvalue weighted by Gasteiger charge is 2.30. The molecule has 1 saturated carbocycles. The summed E-state index contributed by atoms with van der Waals surface area (Å²) in [4.78, 5) is 20.6. The van der Waals surface area contributed by atoms with Gasteiger partial charge in [-0.15, -0.1) is 11.3 Å². The van der Waals surface area contributed by atoms with Crippen molar-refractivity contribution in [1.82, 2.24) is 19.8 Å². The number of benzene rings is 1. The number of amides is 1. The summed E-state index contributed by atoms with van der Waals surface area (Å²) in [6.45, 7) is 3.16. The summed E-state index contributed by atoms with van der Waals surface area (Å²) in [7, 11) is -3.96. The van der Waals surface area contributed by atoms with Crippen molar-refractivity contribution in [2.24, 2.45) is 0 Å². The van der Waals surface area contributed by atoms with Gasteiger partial charge in [0.05, 0.1) is 10.9 Å². The van der Waals surface area contributed by atoms with Crippen LogP contribution in [0.25, 0.3) is 11.4 Å². The zero-order valence-electron chi connectivity index (χ0n) is 15.7. The van der Waals surface area contributed by atoms with E-state index in [0.29, 0.717) is 33.9 Å². The van der Waals surface area contributed by atoms with Crippen LogP contribution in [0.5, 0.6) is 0 Å². The smallest absolute Gasteiger partial charge is 0.244 e. The Morgan fingerprint density at radius 1 is 1.34 bits per heavy atom. The first kappa shape index (κ1) is 19.7. The van der Waals surface area contributed by atoms with E-state index in [9.17, 15) is 13.2 Å². The number of aromatic nitrogens is 3. The van der Waals surface area contributed by atoms with Gasteiger partial charge in [-0.25, -0.2) is 13.4 Å². The Morgan fingerprint density at radius 2 is 2.14 bits per heavy atom. The fourth-order valence-corrected chi connectivity index (χ4v) is 4.73. The maximum absolute atomic E-state index is 12.9. The molecule has 0 saturated heterocycles. The number of hydrogen-bond acceptors (Lipinski definition) is 8. The molecule has 1 aromatic carbocycles. The molecule has 9 nitrogen and oxygen atoms in total. The van der Waals surface area contributed by atoms with Crippen molar-refractivity contribution in [3.05, 3.63) is 41.2 Å². The summed E-state index contributed by atoms with van der Waals surface area (Å²) in [5.74, 6) is 0.738. The first-order valence-corrected chi connectivity index (χ1v) is 11.4. The fourth-order valence-electron chi connectivity index (χ4n) is 2.73. The molecule has 4 rings (SSSR count). The van der Waals surface area contributed by atoms with Gasteiger partial charge in [0, 0.05) is 23.1 Å². The van der Waals surface area contributed by atoms with Crippen LogP contribution in [0.15, 0.2) is 39.2 Å². The number of sulfonamides is 1. The van der Waals surface area contributed by atoms with Crippen LogP contribution in [-0.2, 0) is 14.8 Å². The van der Waals surface area contributed by atoms with Gasteiger partial charge >= 0.3 is 0 Å². The summed E-state index contributed by atoms with van der Waals surface area (Å²) in [5.41, 5.74) is 1.08. The summed E-state index contributed by atoms with van der Waals surface area (Å²) in [6, 6.07) is 3.93. The van der Waals surface area contributed by atoms with E-state index in [1.807, 2.05) is 0 Å². The molecule has 0 radical (unpaired) electrons. The first-order valence-electron chi connectivity index (χ1n) is 9.01. The van der Waals surface area contributed by atoms with E-state index in [-0.39, 0.29) is 4.90 Å².